The van der Waals surface area contributed by atoms with Gasteiger partial charge in [0.2, 0.25) is 0 Å². The third kappa shape index (κ3) is 3.70. The van der Waals surface area contributed by atoms with Crippen molar-refractivity contribution < 1.29 is 19.3 Å². The van der Waals surface area contributed by atoms with Crippen LogP contribution in [0.1, 0.15) is 18.9 Å². The zero-order valence-electron chi connectivity index (χ0n) is 10.8. The molecule has 100 valence electrons. The van der Waals surface area contributed by atoms with E-state index in [1.807, 2.05) is 31.2 Å². The first-order valence-electron chi connectivity index (χ1n) is 6.23. The van der Waals surface area contributed by atoms with Crippen LogP contribution >= 0.6 is 0 Å². The van der Waals surface area contributed by atoms with E-state index in [-0.39, 0.29) is 24.9 Å². The molecule has 0 saturated carbocycles. The van der Waals surface area contributed by atoms with Gasteiger partial charge in [0.25, 0.3) is 0 Å². The van der Waals surface area contributed by atoms with E-state index in [1.165, 1.54) is 0 Å². The van der Waals surface area contributed by atoms with Crippen molar-refractivity contribution >= 4 is 0 Å². The Hall–Kier alpha value is -1.10. The SMILES string of the molecule is COc1ccc(CO[C@H](C)C[C@H]2O[C@@H]2CO)cc1. The monoisotopic (exact) mass is 252 g/mol. The van der Waals surface area contributed by atoms with Gasteiger partial charge in [-0.2, -0.15) is 0 Å². The molecule has 1 aliphatic rings. The average molecular weight is 252 g/mol. The molecule has 1 N–H and O–H groups in total. The van der Waals surface area contributed by atoms with Crippen LogP contribution in [-0.2, 0) is 16.1 Å². The fourth-order valence-corrected chi connectivity index (χ4v) is 1.90. The molecule has 0 radical (unpaired) electrons. The molecule has 1 aromatic rings. The third-order valence-corrected chi connectivity index (χ3v) is 3.13. The summed E-state index contributed by atoms with van der Waals surface area (Å²) >= 11 is 0. The van der Waals surface area contributed by atoms with Crippen molar-refractivity contribution in [3.8, 4) is 5.75 Å². The second-order valence-electron chi connectivity index (χ2n) is 4.60. The van der Waals surface area contributed by atoms with Crippen molar-refractivity contribution in [2.45, 2.75) is 38.3 Å². The molecule has 1 aromatic carbocycles. The molecule has 4 heteroatoms. The molecule has 0 unspecified atom stereocenters. The van der Waals surface area contributed by atoms with Crippen LogP contribution in [0.3, 0.4) is 0 Å². The van der Waals surface area contributed by atoms with Crippen LogP contribution in [0.15, 0.2) is 24.3 Å². The molecule has 0 amide bonds. The molecule has 1 saturated heterocycles. The summed E-state index contributed by atoms with van der Waals surface area (Å²) < 4.78 is 16.1. The van der Waals surface area contributed by atoms with Gasteiger partial charge < -0.3 is 19.3 Å². The second-order valence-corrected chi connectivity index (χ2v) is 4.60. The van der Waals surface area contributed by atoms with Crippen LogP contribution in [0, 0.1) is 0 Å². The fourth-order valence-electron chi connectivity index (χ4n) is 1.90. The summed E-state index contributed by atoms with van der Waals surface area (Å²) in [4.78, 5) is 0. The second kappa shape index (κ2) is 6.18. The maximum Gasteiger partial charge on any atom is 0.118 e. The number of aliphatic hydroxyl groups excluding tert-OH is 1. The van der Waals surface area contributed by atoms with Gasteiger partial charge in [0.15, 0.2) is 0 Å². The lowest BCUT2D eigenvalue weighted by Gasteiger charge is -2.12. The summed E-state index contributed by atoms with van der Waals surface area (Å²) in [5, 5.41) is 8.87. The van der Waals surface area contributed by atoms with Crippen molar-refractivity contribution in [3.05, 3.63) is 29.8 Å². The average Bonchev–Trinajstić information content (AvgIpc) is 3.15. The zero-order chi connectivity index (χ0) is 13.0. The third-order valence-electron chi connectivity index (χ3n) is 3.13. The van der Waals surface area contributed by atoms with Crippen LogP contribution in [0.5, 0.6) is 5.75 Å². The van der Waals surface area contributed by atoms with Crippen molar-refractivity contribution in [2.24, 2.45) is 0 Å². The van der Waals surface area contributed by atoms with Gasteiger partial charge in [0.05, 0.1) is 32.5 Å². The quantitative estimate of drug-likeness (QED) is 0.751. The van der Waals surface area contributed by atoms with E-state index in [1.54, 1.807) is 7.11 Å². The Bertz CT molecular complexity index is 363. The molecule has 18 heavy (non-hydrogen) atoms. The molecule has 2 rings (SSSR count). The summed E-state index contributed by atoms with van der Waals surface area (Å²) in [7, 11) is 1.65. The Kier molecular flexibility index (Phi) is 4.58. The highest BCUT2D eigenvalue weighted by Crippen LogP contribution is 2.27. The number of epoxide rings is 1. The van der Waals surface area contributed by atoms with Gasteiger partial charge in [-0.25, -0.2) is 0 Å². The Labute approximate surface area is 107 Å². The molecule has 3 atom stereocenters. The minimum Gasteiger partial charge on any atom is -0.497 e. The lowest BCUT2D eigenvalue weighted by molar-refractivity contribution is 0.0426. The van der Waals surface area contributed by atoms with Crippen LogP contribution in [0.2, 0.25) is 0 Å². The van der Waals surface area contributed by atoms with Gasteiger partial charge in [-0.05, 0) is 24.6 Å². The Morgan fingerprint density at radius 3 is 2.56 bits per heavy atom. The lowest BCUT2D eigenvalue weighted by atomic mass is 10.2. The van der Waals surface area contributed by atoms with Crippen LogP contribution in [0.4, 0.5) is 0 Å². The standard InChI is InChI=1S/C14H20O4/c1-10(7-13-14(8-15)18-13)17-9-11-3-5-12(16-2)6-4-11/h3-6,10,13-15H,7-9H2,1-2H3/t10-,13-,14-/m1/s1. The molecule has 1 heterocycles. The molecular weight excluding hydrogens is 232 g/mol. The van der Waals surface area contributed by atoms with Gasteiger partial charge in [-0.1, -0.05) is 12.1 Å². The number of benzene rings is 1. The van der Waals surface area contributed by atoms with Gasteiger partial charge >= 0.3 is 0 Å². The summed E-state index contributed by atoms with van der Waals surface area (Å²) in [5.41, 5.74) is 1.12. The Balaban J connectivity index is 1.70. The first kappa shape index (κ1) is 13.3. The number of aliphatic hydroxyl groups is 1. The van der Waals surface area contributed by atoms with Crippen LogP contribution < -0.4 is 4.74 Å². The molecular formula is C14H20O4. The van der Waals surface area contributed by atoms with Crippen molar-refractivity contribution in [1.82, 2.24) is 0 Å². The van der Waals surface area contributed by atoms with Crippen molar-refractivity contribution in [2.75, 3.05) is 13.7 Å². The largest absolute Gasteiger partial charge is 0.497 e. The molecule has 1 fully saturated rings. The van der Waals surface area contributed by atoms with Gasteiger partial charge in [-0.15, -0.1) is 0 Å². The van der Waals surface area contributed by atoms with Crippen LogP contribution in [-0.4, -0.2) is 37.1 Å². The highest BCUT2D eigenvalue weighted by molar-refractivity contribution is 5.26. The first-order valence-corrected chi connectivity index (χ1v) is 6.23. The topological polar surface area (TPSA) is 51.2 Å². The van der Waals surface area contributed by atoms with E-state index >= 15 is 0 Å². The van der Waals surface area contributed by atoms with E-state index in [0.717, 1.165) is 17.7 Å². The highest BCUT2D eigenvalue weighted by atomic mass is 16.6. The molecule has 0 aliphatic carbocycles. The first-order chi connectivity index (χ1) is 8.72. The van der Waals surface area contributed by atoms with Crippen molar-refractivity contribution in [1.29, 1.82) is 0 Å². The molecule has 0 aromatic heterocycles. The lowest BCUT2D eigenvalue weighted by Crippen LogP contribution is -2.13. The summed E-state index contributed by atoms with van der Waals surface area (Å²) in [6.45, 7) is 2.72. The molecule has 0 bridgehead atoms. The van der Waals surface area contributed by atoms with Crippen LogP contribution in [0.25, 0.3) is 0 Å². The van der Waals surface area contributed by atoms with Gasteiger partial charge in [-0.3, -0.25) is 0 Å². The number of ether oxygens (including phenoxy) is 3. The zero-order valence-corrected chi connectivity index (χ0v) is 10.8. The number of rotatable bonds is 7. The van der Waals surface area contributed by atoms with E-state index in [0.29, 0.717) is 6.61 Å². The van der Waals surface area contributed by atoms with E-state index < -0.39 is 0 Å². The van der Waals surface area contributed by atoms with E-state index in [9.17, 15) is 0 Å². The maximum atomic E-state index is 8.87. The van der Waals surface area contributed by atoms with E-state index in [2.05, 4.69) is 0 Å². The predicted molar refractivity (Wildman–Crippen MR) is 67.6 cm³/mol. The molecule has 1 aliphatic heterocycles. The van der Waals surface area contributed by atoms with E-state index in [4.69, 9.17) is 19.3 Å². The highest BCUT2D eigenvalue weighted by Gasteiger charge is 2.38. The molecule has 0 spiro atoms. The Morgan fingerprint density at radius 1 is 1.28 bits per heavy atom. The number of hydrogen-bond donors (Lipinski definition) is 1. The summed E-state index contributed by atoms with van der Waals surface area (Å²) in [5.74, 6) is 0.851. The molecule has 4 nitrogen and oxygen atoms in total. The normalized spacial score (nSPS) is 23.7. The van der Waals surface area contributed by atoms with Gasteiger partial charge in [0, 0.05) is 6.42 Å². The maximum absolute atomic E-state index is 8.87. The van der Waals surface area contributed by atoms with Crippen molar-refractivity contribution in [3.63, 3.8) is 0 Å². The fraction of sp³-hybridized carbons (Fsp3) is 0.571. The minimum absolute atomic E-state index is 0.0250. The number of methoxy groups -OCH3 is 1. The minimum atomic E-state index is 0.0250. The summed E-state index contributed by atoms with van der Waals surface area (Å²) in [6.07, 6.45) is 1.16. The number of hydrogen-bond acceptors (Lipinski definition) is 4. The Morgan fingerprint density at radius 2 is 2.00 bits per heavy atom. The summed E-state index contributed by atoms with van der Waals surface area (Å²) in [6, 6.07) is 7.84. The van der Waals surface area contributed by atoms with Gasteiger partial charge in [0.1, 0.15) is 11.9 Å². The smallest absolute Gasteiger partial charge is 0.118 e. The predicted octanol–water partition coefficient (Wildman–Crippen LogP) is 1.75.